The average Bonchev–Trinajstić information content (AvgIpc) is 3.03. The van der Waals surface area contributed by atoms with Crippen LogP contribution in [0.2, 0.25) is 0 Å². The molecule has 6 nitrogen and oxygen atoms in total. The quantitative estimate of drug-likeness (QED) is 0.337. The molecular formula is C24H25BrN2O4S2. The number of benzene rings is 2. The highest BCUT2D eigenvalue weighted by Crippen LogP contribution is 2.39. The summed E-state index contributed by atoms with van der Waals surface area (Å²) in [6.45, 7) is 6.38. The lowest BCUT2D eigenvalue weighted by atomic mass is 10.1. The highest BCUT2D eigenvalue weighted by molar-refractivity contribution is 9.10. The van der Waals surface area contributed by atoms with Crippen molar-refractivity contribution >= 4 is 67.8 Å². The number of rotatable bonds is 8. The number of halogens is 1. The third-order valence-electron chi connectivity index (χ3n) is 5.10. The van der Waals surface area contributed by atoms with Crippen molar-refractivity contribution in [3.05, 3.63) is 56.4 Å². The summed E-state index contributed by atoms with van der Waals surface area (Å²) in [4.78, 5) is 27.2. The second kappa shape index (κ2) is 11.2. The molecule has 0 saturated carbocycles. The summed E-state index contributed by atoms with van der Waals surface area (Å²) >= 11 is 10.1. The minimum absolute atomic E-state index is 0.0922. The summed E-state index contributed by atoms with van der Waals surface area (Å²) in [5.74, 6) is 0.482. The number of hydrogen-bond donors (Lipinski definition) is 1. The Kier molecular flexibility index (Phi) is 8.56. The topological polar surface area (TPSA) is 67.9 Å². The number of nitrogens with zero attached hydrogens (tertiary/aromatic N) is 1. The molecule has 174 valence electrons. The largest absolute Gasteiger partial charge is 0.493 e. The van der Waals surface area contributed by atoms with Gasteiger partial charge in [0.25, 0.3) is 11.8 Å². The number of methoxy groups -OCH3 is 1. The van der Waals surface area contributed by atoms with Gasteiger partial charge in [0.2, 0.25) is 0 Å². The highest BCUT2D eigenvalue weighted by atomic mass is 79.9. The minimum atomic E-state index is -0.277. The molecule has 3 rings (SSSR count). The van der Waals surface area contributed by atoms with Crippen LogP contribution < -0.4 is 14.8 Å². The smallest absolute Gasteiger partial charge is 0.266 e. The lowest BCUT2D eigenvalue weighted by Crippen LogP contribution is -2.28. The Labute approximate surface area is 211 Å². The molecule has 9 heteroatoms. The van der Waals surface area contributed by atoms with Crippen LogP contribution in [0.25, 0.3) is 6.08 Å². The van der Waals surface area contributed by atoms with E-state index in [9.17, 15) is 9.59 Å². The number of amides is 2. The van der Waals surface area contributed by atoms with Gasteiger partial charge in [-0.25, -0.2) is 0 Å². The van der Waals surface area contributed by atoms with Gasteiger partial charge in [-0.3, -0.25) is 14.5 Å². The van der Waals surface area contributed by atoms with Crippen LogP contribution >= 0.6 is 39.9 Å². The van der Waals surface area contributed by atoms with Crippen LogP contribution in [0.1, 0.15) is 30.0 Å². The number of carbonyl (C=O) groups excluding carboxylic acids is 2. The molecule has 0 radical (unpaired) electrons. The van der Waals surface area contributed by atoms with E-state index < -0.39 is 0 Å². The number of ether oxygens (including phenoxy) is 2. The second-order valence-corrected chi connectivity index (χ2v) is 9.98. The van der Waals surface area contributed by atoms with E-state index in [1.165, 1.54) is 18.9 Å². The standard InChI is InChI=1S/C24H25BrN2O4S2/c1-5-9-27-23(29)20(33-24(27)32)12-16-10-17(25)22(19(11-16)30-4)31-13-21(28)26-18-8-6-7-14(2)15(18)3/h6-8,10-12H,5,9,13H2,1-4H3,(H,26,28)/b20-12-. The number of carbonyl (C=O) groups is 2. The molecule has 0 aromatic heterocycles. The normalized spacial score (nSPS) is 14.7. The Bertz CT molecular complexity index is 1130. The zero-order chi connectivity index (χ0) is 24.1. The fourth-order valence-corrected chi connectivity index (χ4v) is 5.12. The van der Waals surface area contributed by atoms with E-state index >= 15 is 0 Å². The second-order valence-electron chi connectivity index (χ2n) is 7.45. The molecule has 1 fully saturated rings. The van der Waals surface area contributed by atoms with Gasteiger partial charge in [0.15, 0.2) is 18.1 Å². The van der Waals surface area contributed by atoms with Crippen molar-refractivity contribution in [3.8, 4) is 11.5 Å². The van der Waals surface area contributed by atoms with Gasteiger partial charge in [-0.1, -0.05) is 43.0 Å². The van der Waals surface area contributed by atoms with Crippen LogP contribution in [0.3, 0.4) is 0 Å². The predicted molar refractivity (Wildman–Crippen MR) is 141 cm³/mol. The van der Waals surface area contributed by atoms with Crippen LogP contribution in [0.15, 0.2) is 39.7 Å². The molecule has 33 heavy (non-hydrogen) atoms. The minimum Gasteiger partial charge on any atom is -0.493 e. The molecule has 0 aliphatic carbocycles. The van der Waals surface area contributed by atoms with Gasteiger partial charge >= 0.3 is 0 Å². The fraction of sp³-hybridized carbons (Fsp3) is 0.292. The predicted octanol–water partition coefficient (Wildman–Crippen LogP) is 5.70. The molecule has 2 aromatic rings. The van der Waals surface area contributed by atoms with Crippen molar-refractivity contribution in [1.29, 1.82) is 0 Å². The van der Waals surface area contributed by atoms with E-state index in [2.05, 4.69) is 21.2 Å². The zero-order valence-corrected chi connectivity index (χ0v) is 22.1. The van der Waals surface area contributed by atoms with Gasteiger partial charge in [-0.05, 0) is 77.2 Å². The van der Waals surface area contributed by atoms with Gasteiger partial charge in [0.1, 0.15) is 4.32 Å². The van der Waals surface area contributed by atoms with Crippen molar-refractivity contribution in [2.24, 2.45) is 0 Å². The van der Waals surface area contributed by atoms with Gasteiger partial charge in [-0.15, -0.1) is 0 Å². The Morgan fingerprint density at radius 2 is 2.06 bits per heavy atom. The first-order valence-electron chi connectivity index (χ1n) is 10.4. The molecule has 1 heterocycles. The molecule has 1 aliphatic rings. The van der Waals surface area contributed by atoms with Crippen LogP contribution in [0.4, 0.5) is 5.69 Å². The number of thiocarbonyl (C=S) groups is 1. The molecule has 0 unspecified atom stereocenters. The van der Waals surface area contributed by atoms with E-state index in [4.69, 9.17) is 21.7 Å². The molecule has 1 saturated heterocycles. The third-order valence-corrected chi connectivity index (χ3v) is 7.06. The maximum atomic E-state index is 12.6. The molecule has 1 aliphatic heterocycles. The molecule has 2 amide bonds. The summed E-state index contributed by atoms with van der Waals surface area (Å²) in [5, 5.41) is 2.87. The van der Waals surface area contributed by atoms with E-state index in [-0.39, 0.29) is 18.4 Å². The van der Waals surface area contributed by atoms with E-state index in [0.29, 0.717) is 31.7 Å². The zero-order valence-electron chi connectivity index (χ0n) is 18.9. The third kappa shape index (κ3) is 5.96. The van der Waals surface area contributed by atoms with Crippen molar-refractivity contribution < 1.29 is 19.1 Å². The molecule has 0 spiro atoms. The van der Waals surface area contributed by atoms with Gasteiger partial charge in [-0.2, -0.15) is 0 Å². The molecule has 2 aromatic carbocycles. The molecule has 0 atom stereocenters. The van der Waals surface area contributed by atoms with E-state index in [1.807, 2.05) is 45.0 Å². The Balaban J connectivity index is 1.74. The Hall–Kier alpha value is -2.36. The SMILES string of the molecule is CCCN1C(=O)/C(=C/c2cc(Br)c(OCC(=O)Nc3cccc(C)c3C)c(OC)c2)SC1=S. The number of anilines is 1. The Morgan fingerprint density at radius 3 is 2.76 bits per heavy atom. The van der Waals surface area contributed by atoms with Gasteiger partial charge in [0, 0.05) is 12.2 Å². The summed E-state index contributed by atoms with van der Waals surface area (Å²) < 4.78 is 12.4. The van der Waals surface area contributed by atoms with E-state index in [0.717, 1.165) is 28.8 Å². The molecule has 0 bridgehead atoms. The number of aryl methyl sites for hydroxylation is 1. The van der Waals surface area contributed by atoms with Crippen molar-refractivity contribution in [2.75, 3.05) is 25.6 Å². The summed E-state index contributed by atoms with van der Waals surface area (Å²) in [6, 6.07) is 9.32. The van der Waals surface area contributed by atoms with E-state index in [1.54, 1.807) is 17.0 Å². The monoisotopic (exact) mass is 548 g/mol. The van der Waals surface area contributed by atoms with Crippen molar-refractivity contribution in [2.45, 2.75) is 27.2 Å². The lowest BCUT2D eigenvalue weighted by molar-refractivity contribution is -0.122. The first-order valence-corrected chi connectivity index (χ1v) is 12.4. The van der Waals surface area contributed by atoms with Crippen LogP contribution in [-0.4, -0.2) is 41.3 Å². The van der Waals surface area contributed by atoms with Gasteiger partial charge < -0.3 is 14.8 Å². The first-order chi connectivity index (χ1) is 15.7. The summed E-state index contributed by atoms with van der Waals surface area (Å²) in [7, 11) is 1.52. The maximum absolute atomic E-state index is 12.6. The maximum Gasteiger partial charge on any atom is 0.266 e. The average molecular weight is 550 g/mol. The number of hydrogen-bond acceptors (Lipinski definition) is 6. The van der Waals surface area contributed by atoms with Crippen LogP contribution in [-0.2, 0) is 9.59 Å². The highest BCUT2D eigenvalue weighted by Gasteiger charge is 2.31. The van der Waals surface area contributed by atoms with Crippen molar-refractivity contribution in [3.63, 3.8) is 0 Å². The summed E-state index contributed by atoms with van der Waals surface area (Å²) in [5.41, 5.74) is 3.62. The fourth-order valence-electron chi connectivity index (χ4n) is 3.24. The molecule has 1 N–H and O–H groups in total. The van der Waals surface area contributed by atoms with Gasteiger partial charge in [0.05, 0.1) is 16.5 Å². The number of nitrogens with one attached hydrogen (secondary N) is 1. The molecular weight excluding hydrogens is 524 g/mol. The summed E-state index contributed by atoms with van der Waals surface area (Å²) in [6.07, 6.45) is 2.61. The number of thioether (sulfide) groups is 1. The van der Waals surface area contributed by atoms with Crippen LogP contribution in [0.5, 0.6) is 11.5 Å². The van der Waals surface area contributed by atoms with Crippen molar-refractivity contribution in [1.82, 2.24) is 4.90 Å². The first kappa shape index (κ1) is 25.3. The lowest BCUT2D eigenvalue weighted by Gasteiger charge is -2.15. The van der Waals surface area contributed by atoms with Crippen LogP contribution in [0, 0.1) is 13.8 Å². The Morgan fingerprint density at radius 1 is 1.30 bits per heavy atom.